The van der Waals surface area contributed by atoms with E-state index in [1.54, 1.807) is 10.7 Å². The van der Waals surface area contributed by atoms with Crippen molar-refractivity contribution in [3.05, 3.63) is 29.7 Å². The first-order valence-electron chi connectivity index (χ1n) is 6.94. The number of anilines is 1. The second-order valence-corrected chi connectivity index (χ2v) is 7.01. The molecule has 0 aromatic carbocycles. The lowest BCUT2D eigenvalue weighted by Crippen LogP contribution is -2.30. The van der Waals surface area contributed by atoms with E-state index >= 15 is 0 Å². The fraction of sp³-hybridized carbons (Fsp3) is 0.385. The number of carbonyl (C=O) groups excluding carboxylic acids is 1. The van der Waals surface area contributed by atoms with Gasteiger partial charge >= 0.3 is 5.97 Å². The number of hydrogen-bond acceptors (Lipinski definition) is 6. The van der Waals surface area contributed by atoms with Crippen LogP contribution in [0.1, 0.15) is 16.2 Å². The van der Waals surface area contributed by atoms with Gasteiger partial charge in [0.25, 0.3) is 10.0 Å². The predicted octanol–water partition coefficient (Wildman–Crippen LogP) is 0.244. The summed E-state index contributed by atoms with van der Waals surface area (Å²) in [5.41, 5.74) is 1.01. The van der Waals surface area contributed by atoms with E-state index in [9.17, 15) is 13.2 Å². The van der Waals surface area contributed by atoms with Crippen LogP contribution in [-0.2, 0) is 27.8 Å². The van der Waals surface area contributed by atoms with Gasteiger partial charge in [-0.25, -0.2) is 13.2 Å². The van der Waals surface area contributed by atoms with Gasteiger partial charge in [-0.2, -0.15) is 5.10 Å². The molecule has 0 spiro atoms. The second kappa shape index (κ2) is 5.70. The number of likely N-dealkylation sites (N-methyl/N-ethyl adjacent to an activating group) is 1. The lowest BCUT2D eigenvalue weighted by atomic mass is 10.3. The van der Waals surface area contributed by atoms with E-state index in [1.165, 1.54) is 19.4 Å². The molecule has 0 atom stereocenters. The standard InChI is InChI=1S/C13H17N5O4S/c1-17-3-4-18-9(8-17)5-12(15-18)16-23(20,21)10-6-11(14-7-10)13(19)22-2/h5-7,14H,3-4,8H2,1-2H3,(H,15,16). The van der Waals surface area contributed by atoms with E-state index in [4.69, 9.17) is 0 Å². The van der Waals surface area contributed by atoms with Crippen LogP contribution in [0.3, 0.4) is 0 Å². The first-order valence-corrected chi connectivity index (χ1v) is 8.42. The highest BCUT2D eigenvalue weighted by Crippen LogP contribution is 2.19. The number of hydrogen-bond donors (Lipinski definition) is 2. The number of carbonyl (C=O) groups is 1. The average Bonchev–Trinajstić information content (AvgIpc) is 3.12. The highest BCUT2D eigenvalue weighted by molar-refractivity contribution is 7.92. The van der Waals surface area contributed by atoms with E-state index in [0.29, 0.717) is 13.1 Å². The van der Waals surface area contributed by atoms with Crippen LogP contribution in [-0.4, -0.2) is 54.8 Å². The lowest BCUT2D eigenvalue weighted by Gasteiger charge is -2.22. The minimum atomic E-state index is -3.83. The smallest absolute Gasteiger partial charge is 0.354 e. The van der Waals surface area contributed by atoms with Crippen molar-refractivity contribution in [2.24, 2.45) is 0 Å². The molecular weight excluding hydrogens is 322 g/mol. The number of aromatic amines is 1. The maximum atomic E-state index is 12.4. The average molecular weight is 339 g/mol. The van der Waals surface area contributed by atoms with E-state index in [-0.39, 0.29) is 16.4 Å². The summed E-state index contributed by atoms with van der Waals surface area (Å²) in [7, 11) is -0.607. The SMILES string of the molecule is COC(=O)c1cc(S(=O)(=O)Nc2cc3n(n2)CCN(C)C3)c[nH]1. The summed E-state index contributed by atoms with van der Waals surface area (Å²) in [4.78, 5) is 16.0. The molecule has 3 heterocycles. The molecule has 23 heavy (non-hydrogen) atoms. The zero-order valence-corrected chi connectivity index (χ0v) is 13.6. The van der Waals surface area contributed by atoms with Gasteiger partial charge in [0, 0.05) is 25.4 Å². The number of methoxy groups -OCH3 is 1. The van der Waals surface area contributed by atoms with Crippen LogP contribution >= 0.6 is 0 Å². The number of aromatic nitrogens is 3. The van der Waals surface area contributed by atoms with Crippen molar-refractivity contribution < 1.29 is 17.9 Å². The van der Waals surface area contributed by atoms with Crippen LogP contribution in [0.25, 0.3) is 0 Å². The molecule has 0 bridgehead atoms. The van der Waals surface area contributed by atoms with Crippen molar-refractivity contribution in [3.63, 3.8) is 0 Å². The third kappa shape index (κ3) is 3.08. The van der Waals surface area contributed by atoms with Crippen LogP contribution in [0, 0.1) is 0 Å². The van der Waals surface area contributed by atoms with E-state index in [2.05, 4.69) is 24.4 Å². The lowest BCUT2D eigenvalue weighted by molar-refractivity contribution is 0.0595. The number of H-pyrrole nitrogens is 1. The maximum absolute atomic E-state index is 12.4. The molecule has 2 N–H and O–H groups in total. The Balaban J connectivity index is 1.81. The molecule has 3 rings (SSSR count). The Morgan fingerprint density at radius 2 is 2.17 bits per heavy atom. The van der Waals surface area contributed by atoms with Gasteiger partial charge in [-0.05, 0) is 13.1 Å². The summed E-state index contributed by atoms with van der Waals surface area (Å²) in [5.74, 6) is -0.372. The van der Waals surface area contributed by atoms with Crippen molar-refractivity contribution in [1.29, 1.82) is 0 Å². The maximum Gasteiger partial charge on any atom is 0.354 e. The number of fused-ring (bicyclic) bond motifs is 1. The van der Waals surface area contributed by atoms with E-state index < -0.39 is 16.0 Å². The van der Waals surface area contributed by atoms with Crippen molar-refractivity contribution in [3.8, 4) is 0 Å². The normalized spacial score (nSPS) is 15.2. The summed E-state index contributed by atoms with van der Waals surface area (Å²) < 4.78 is 33.5. The molecule has 2 aromatic rings. The van der Waals surface area contributed by atoms with E-state index in [0.717, 1.165) is 12.2 Å². The summed E-state index contributed by atoms with van der Waals surface area (Å²) in [6.07, 6.45) is 1.23. The van der Waals surface area contributed by atoms with Gasteiger partial charge in [0.2, 0.25) is 0 Å². The molecule has 2 aromatic heterocycles. The minimum Gasteiger partial charge on any atom is -0.464 e. The van der Waals surface area contributed by atoms with Crippen molar-refractivity contribution in [2.45, 2.75) is 18.0 Å². The Kier molecular flexibility index (Phi) is 3.86. The Bertz CT molecular complexity index is 838. The molecule has 124 valence electrons. The minimum absolute atomic E-state index is 0.0546. The predicted molar refractivity (Wildman–Crippen MR) is 81.5 cm³/mol. The zero-order valence-electron chi connectivity index (χ0n) is 12.7. The fourth-order valence-electron chi connectivity index (χ4n) is 2.40. The molecular formula is C13H17N5O4S. The first-order chi connectivity index (χ1) is 10.9. The number of nitrogens with one attached hydrogen (secondary N) is 2. The Hall–Kier alpha value is -2.33. The third-order valence-corrected chi connectivity index (χ3v) is 4.93. The quantitative estimate of drug-likeness (QED) is 0.773. The van der Waals surface area contributed by atoms with Crippen molar-refractivity contribution in [1.82, 2.24) is 19.7 Å². The molecule has 0 radical (unpaired) electrons. The molecule has 10 heteroatoms. The van der Waals surface area contributed by atoms with E-state index in [1.807, 2.05) is 7.05 Å². The van der Waals surface area contributed by atoms with Gasteiger partial charge in [-0.3, -0.25) is 14.3 Å². The second-order valence-electron chi connectivity index (χ2n) is 5.33. The number of rotatable bonds is 4. The van der Waals surface area contributed by atoms with Crippen LogP contribution in [0.2, 0.25) is 0 Å². The molecule has 0 amide bonds. The molecule has 1 aliphatic heterocycles. The summed E-state index contributed by atoms with van der Waals surface area (Å²) in [6, 6.07) is 2.93. The fourth-order valence-corrected chi connectivity index (χ4v) is 3.38. The monoisotopic (exact) mass is 339 g/mol. The topological polar surface area (TPSA) is 109 Å². The van der Waals surface area contributed by atoms with Crippen molar-refractivity contribution >= 4 is 21.8 Å². The third-order valence-electron chi connectivity index (χ3n) is 3.60. The molecule has 1 aliphatic rings. The Morgan fingerprint density at radius 1 is 1.39 bits per heavy atom. The number of esters is 1. The number of sulfonamides is 1. The van der Waals surface area contributed by atoms with Crippen LogP contribution in [0.5, 0.6) is 0 Å². The van der Waals surface area contributed by atoms with Crippen LogP contribution in [0.15, 0.2) is 23.2 Å². The Labute approximate surface area is 133 Å². The molecule has 0 unspecified atom stereocenters. The highest BCUT2D eigenvalue weighted by Gasteiger charge is 2.22. The number of nitrogens with zero attached hydrogens (tertiary/aromatic N) is 3. The molecule has 0 saturated heterocycles. The van der Waals surface area contributed by atoms with Gasteiger partial charge in [0.15, 0.2) is 5.82 Å². The summed E-state index contributed by atoms with van der Waals surface area (Å²) >= 11 is 0. The molecule has 9 nitrogen and oxygen atoms in total. The molecule has 0 aliphatic carbocycles. The number of ether oxygens (including phenoxy) is 1. The largest absolute Gasteiger partial charge is 0.464 e. The zero-order chi connectivity index (χ0) is 16.6. The molecule has 0 fully saturated rings. The van der Waals surface area contributed by atoms with Gasteiger partial charge in [0.05, 0.1) is 19.3 Å². The van der Waals surface area contributed by atoms with Crippen molar-refractivity contribution in [2.75, 3.05) is 25.4 Å². The highest BCUT2D eigenvalue weighted by atomic mass is 32.2. The summed E-state index contributed by atoms with van der Waals surface area (Å²) in [6.45, 7) is 2.29. The van der Waals surface area contributed by atoms with Gasteiger partial charge < -0.3 is 9.72 Å². The molecule has 0 saturated carbocycles. The Morgan fingerprint density at radius 3 is 2.91 bits per heavy atom. The van der Waals surface area contributed by atoms with Gasteiger partial charge in [-0.15, -0.1) is 0 Å². The first kappa shape index (κ1) is 15.6. The van der Waals surface area contributed by atoms with Gasteiger partial charge in [0.1, 0.15) is 10.6 Å². The van der Waals surface area contributed by atoms with Crippen LogP contribution in [0.4, 0.5) is 5.82 Å². The summed E-state index contributed by atoms with van der Waals surface area (Å²) in [5, 5.41) is 4.25. The van der Waals surface area contributed by atoms with Gasteiger partial charge in [-0.1, -0.05) is 0 Å². The van der Waals surface area contributed by atoms with Crippen LogP contribution < -0.4 is 4.72 Å².